The highest BCUT2D eigenvalue weighted by Crippen LogP contribution is 2.39. The fraction of sp³-hybridized carbons (Fsp3) is 0.385. The van der Waals surface area contributed by atoms with Crippen LogP contribution in [-0.4, -0.2) is 67.8 Å². The van der Waals surface area contributed by atoms with Gasteiger partial charge in [-0.15, -0.1) is 0 Å². The zero-order valence-corrected chi connectivity index (χ0v) is 20.8. The molecule has 8 nitrogen and oxygen atoms in total. The monoisotopic (exact) mass is 498 g/mol. The normalized spacial score (nSPS) is 21.0. The van der Waals surface area contributed by atoms with E-state index in [1.54, 1.807) is 0 Å². The first kappa shape index (κ1) is 25.1. The van der Waals surface area contributed by atoms with E-state index >= 15 is 0 Å². The van der Waals surface area contributed by atoms with E-state index in [2.05, 4.69) is 0 Å². The molecular weight excluding hydrogens is 468 g/mol. The molecule has 0 spiro atoms. The standard InChI is InChI=1S/C26H30N2O6S/c1-18-6-8-19(9-7-18)23-22(25(30)26(31)28(23)16-17-34-2)24(29)20-10-12-21(13-11-20)35(32,33)27-14-4-3-5-15-27/h6-13,23,29H,3-5,14-17H2,1-2H3/t23-/m0/s1. The molecule has 186 valence electrons. The van der Waals surface area contributed by atoms with E-state index < -0.39 is 27.8 Å². The Morgan fingerprint density at radius 2 is 1.63 bits per heavy atom. The molecule has 9 heteroatoms. The molecule has 0 saturated carbocycles. The van der Waals surface area contributed by atoms with Crippen molar-refractivity contribution < 1.29 is 27.9 Å². The highest BCUT2D eigenvalue weighted by atomic mass is 32.2. The van der Waals surface area contributed by atoms with Crippen molar-refractivity contribution in [3.8, 4) is 0 Å². The molecule has 2 aliphatic heterocycles. The van der Waals surface area contributed by atoms with E-state index in [1.807, 2.05) is 31.2 Å². The Kier molecular flexibility index (Phi) is 7.39. The van der Waals surface area contributed by atoms with Gasteiger partial charge in [-0.1, -0.05) is 36.2 Å². The number of hydrogen-bond donors (Lipinski definition) is 1. The minimum atomic E-state index is -3.63. The van der Waals surface area contributed by atoms with Crippen molar-refractivity contribution >= 4 is 27.5 Å². The second kappa shape index (κ2) is 10.3. The van der Waals surface area contributed by atoms with Crippen LogP contribution in [-0.2, 0) is 24.3 Å². The number of hydrogen-bond acceptors (Lipinski definition) is 6. The SMILES string of the molecule is COCCN1C(=O)C(=O)C(=C(O)c2ccc(S(=O)(=O)N3CCCCC3)cc2)[C@@H]1c1ccc(C)cc1. The molecule has 35 heavy (non-hydrogen) atoms. The van der Waals surface area contributed by atoms with Gasteiger partial charge >= 0.3 is 0 Å². The van der Waals surface area contributed by atoms with Gasteiger partial charge in [0.25, 0.3) is 11.7 Å². The van der Waals surface area contributed by atoms with Crippen molar-refractivity contribution in [2.45, 2.75) is 37.1 Å². The zero-order chi connectivity index (χ0) is 25.2. The Labute approximate surface area is 205 Å². The fourth-order valence-corrected chi connectivity index (χ4v) is 6.11. The largest absolute Gasteiger partial charge is 0.507 e. The molecule has 0 aliphatic carbocycles. The molecule has 2 saturated heterocycles. The summed E-state index contributed by atoms with van der Waals surface area (Å²) >= 11 is 0. The third-order valence-corrected chi connectivity index (χ3v) is 8.46. The predicted molar refractivity (Wildman–Crippen MR) is 131 cm³/mol. The Hall–Kier alpha value is -3.01. The Morgan fingerprint density at radius 1 is 1.00 bits per heavy atom. The fourth-order valence-electron chi connectivity index (χ4n) is 4.59. The maximum atomic E-state index is 13.0. The molecule has 0 radical (unpaired) electrons. The lowest BCUT2D eigenvalue weighted by molar-refractivity contribution is -0.140. The Bertz CT molecular complexity index is 1230. The van der Waals surface area contributed by atoms with Crippen LogP contribution in [0.25, 0.3) is 5.76 Å². The van der Waals surface area contributed by atoms with Gasteiger partial charge in [-0.2, -0.15) is 4.31 Å². The van der Waals surface area contributed by atoms with E-state index in [4.69, 9.17) is 4.74 Å². The van der Waals surface area contributed by atoms with Crippen molar-refractivity contribution in [2.75, 3.05) is 33.4 Å². The number of benzene rings is 2. The van der Waals surface area contributed by atoms with Gasteiger partial charge < -0.3 is 14.7 Å². The summed E-state index contributed by atoms with van der Waals surface area (Å²) in [5.74, 6) is -1.83. The van der Waals surface area contributed by atoms with Crippen LogP contribution in [0.5, 0.6) is 0 Å². The summed E-state index contributed by atoms with van der Waals surface area (Å²) in [4.78, 5) is 27.4. The summed E-state index contributed by atoms with van der Waals surface area (Å²) in [6, 6.07) is 12.4. The second-order valence-electron chi connectivity index (χ2n) is 8.89. The summed E-state index contributed by atoms with van der Waals surface area (Å²) in [5, 5.41) is 11.2. The van der Waals surface area contributed by atoms with Crippen molar-refractivity contribution in [3.05, 3.63) is 70.8 Å². The van der Waals surface area contributed by atoms with Gasteiger partial charge in [-0.3, -0.25) is 9.59 Å². The molecule has 0 aromatic heterocycles. The third kappa shape index (κ3) is 4.89. The average Bonchev–Trinajstić information content (AvgIpc) is 3.13. The quantitative estimate of drug-likeness (QED) is 0.357. The van der Waals surface area contributed by atoms with Crippen molar-refractivity contribution in [1.82, 2.24) is 9.21 Å². The van der Waals surface area contributed by atoms with Gasteiger partial charge in [-0.25, -0.2) is 8.42 Å². The molecule has 1 amide bonds. The smallest absolute Gasteiger partial charge is 0.295 e. The van der Waals surface area contributed by atoms with Crippen molar-refractivity contribution in [3.63, 3.8) is 0 Å². The van der Waals surface area contributed by atoms with Gasteiger partial charge in [0.05, 0.1) is 23.1 Å². The van der Waals surface area contributed by atoms with Gasteiger partial charge in [-0.05, 0) is 49.6 Å². The summed E-state index contributed by atoms with van der Waals surface area (Å²) in [6.07, 6.45) is 2.68. The number of carbonyl (C=O) groups is 2. The minimum Gasteiger partial charge on any atom is -0.507 e. The molecule has 1 N–H and O–H groups in total. The number of amides is 1. The van der Waals surface area contributed by atoms with E-state index in [0.29, 0.717) is 18.7 Å². The van der Waals surface area contributed by atoms with Crippen LogP contribution in [0.3, 0.4) is 0 Å². The number of methoxy groups -OCH3 is 1. The van der Waals surface area contributed by atoms with Crippen LogP contribution >= 0.6 is 0 Å². The number of aryl methyl sites for hydroxylation is 1. The van der Waals surface area contributed by atoms with Gasteiger partial charge in [0.2, 0.25) is 10.0 Å². The van der Waals surface area contributed by atoms with E-state index in [0.717, 1.165) is 24.8 Å². The molecule has 2 aromatic rings. The van der Waals surface area contributed by atoms with Gasteiger partial charge in [0.1, 0.15) is 5.76 Å². The topological polar surface area (TPSA) is 104 Å². The number of ketones is 1. The lowest BCUT2D eigenvalue weighted by Gasteiger charge is -2.26. The van der Waals surface area contributed by atoms with E-state index in [1.165, 1.54) is 40.6 Å². The number of rotatable bonds is 7. The van der Waals surface area contributed by atoms with Crippen LogP contribution in [0.4, 0.5) is 0 Å². The molecule has 1 atom stereocenters. The van der Waals surface area contributed by atoms with Crippen molar-refractivity contribution in [1.29, 1.82) is 0 Å². The van der Waals surface area contributed by atoms with Gasteiger partial charge in [0.15, 0.2) is 0 Å². The molecule has 4 rings (SSSR count). The van der Waals surface area contributed by atoms with E-state index in [9.17, 15) is 23.1 Å². The lowest BCUT2D eigenvalue weighted by Crippen LogP contribution is -2.35. The van der Waals surface area contributed by atoms with Gasteiger partial charge in [0, 0.05) is 32.3 Å². The summed E-state index contributed by atoms with van der Waals surface area (Å²) in [5.41, 5.74) is 1.95. The van der Waals surface area contributed by atoms with E-state index in [-0.39, 0.29) is 34.9 Å². The van der Waals surface area contributed by atoms with Crippen LogP contribution in [0.2, 0.25) is 0 Å². The van der Waals surface area contributed by atoms with Crippen LogP contribution in [0.1, 0.15) is 42.0 Å². The maximum Gasteiger partial charge on any atom is 0.295 e. The Morgan fingerprint density at radius 3 is 2.23 bits per heavy atom. The number of piperidine rings is 1. The minimum absolute atomic E-state index is 0.0263. The predicted octanol–water partition coefficient (Wildman–Crippen LogP) is 3.24. The summed E-state index contributed by atoms with van der Waals surface area (Å²) in [7, 11) is -2.12. The Balaban J connectivity index is 1.73. The molecule has 2 aromatic carbocycles. The number of ether oxygens (including phenoxy) is 1. The lowest BCUT2D eigenvalue weighted by atomic mass is 9.95. The highest BCUT2D eigenvalue weighted by molar-refractivity contribution is 7.89. The second-order valence-corrected chi connectivity index (χ2v) is 10.8. The number of carbonyl (C=O) groups excluding carboxylic acids is 2. The third-order valence-electron chi connectivity index (χ3n) is 6.55. The van der Waals surface area contributed by atoms with Crippen LogP contribution in [0.15, 0.2) is 59.0 Å². The number of nitrogens with zero attached hydrogens (tertiary/aromatic N) is 2. The molecule has 2 heterocycles. The first-order chi connectivity index (χ1) is 16.8. The van der Waals surface area contributed by atoms with Crippen LogP contribution < -0.4 is 0 Å². The average molecular weight is 499 g/mol. The first-order valence-electron chi connectivity index (χ1n) is 11.7. The number of sulfonamides is 1. The number of likely N-dealkylation sites (tertiary alicyclic amines) is 1. The summed E-state index contributed by atoms with van der Waals surface area (Å²) < 4.78 is 32.5. The zero-order valence-electron chi connectivity index (χ0n) is 19.9. The molecule has 0 bridgehead atoms. The summed E-state index contributed by atoms with van der Waals surface area (Å²) in [6.45, 7) is 3.34. The van der Waals surface area contributed by atoms with Crippen LogP contribution in [0, 0.1) is 6.92 Å². The molecule has 2 aliphatic rings. The molecular formula is C26H30N2O6S. The highest BCUT2D eigenvalue weighted by Gasteiger charge is 2.45. The molecule has 0 unspecified atom stereocenters. The number of aliphatic hydroxyl groups is 1. The molecule has 2 fully saturated rings. The maximum absolute atomic E-state index is 13.0. The van der Waals surface area contributed by atoms with Crippen molar-refractivity contribution in [2.24, 2.45) is 0 Å². The number of aliphatic hydroxyl groups excluding tert-OH is 1. The first-order valence-corrected chi connectivity index (χ1v) is 13.1. The number of Topliss-reactive ketones (excluding diaryl/α,β-unsaturated/α-hetero) is 1.